The smallest absolute Gasteiger partial charge is 0.163 e. The molecule has 2 aliphatic heterocycles. The summed E-state index contributed by atoms with van der Waals surface area (Å²) in [4.78, 5) is 7.70. The highest BCUT2D eigenvalue weighted by molar-refractivity contribution is 5.85. The van der Waals surface area contributed by atoms with Crippen LogP contribution in [0.25, 0.3) is 11.3 Å². The lowest BCUT2D eigenvalue weighted by Gasteiger charge is -2.45. The average molecular weight is 463 g/mol. The van der Waals surface area contributed by atoms with E-state index in [9.17, 15) is 10.5 Å². The summed E-state index contributed by atoms with van der Waals surface area (Å²) in [5.41, 5.74) is 4.85. The minimum Gasteiger partial charge on any atom is -0.310 e. The van der Waals surface area contributed by atoms with Gasteiger partial charge in [0.1, 0.15) is 17.7 Å². The van der Waals surface area contributed by atoms with Gasteiger partial charge in [0.05, 0.1) is 11.0 Å². The van der Waals surface area contributed by atoms with Crippen LogP contribution in [-0.4, -0.2) is 0 Å². The van der Waals surface area contributed by atoms with Crippen molar-refractivity contribution in [2.75, 3.05) is 4.90 Å². The Morgan fingerprint density at radius 3 is 2.11 bits per heavy atom. The second-order valence-electron chi connectivity index (χ2n) is 9.07. The van der Waals surface area contributed by atoms with Crippen LogP contribution in [0.4, 0.5) is 5.69 Å². The fourth-order valence-electron chi connectivity index (χ4n) is 5.42. The van der Waals surface area contributed by atoms with Gasteiger partial charge in [-0.25, -0.2) is 0 Å². The molecule has 170 valence electrons. The lowest BCUT2D eigenvalue weighted by atomic mass is 9.79. The van der Waals surface area contributed by atoms with E-state index in [2.05, 4.69) is 71.6 Å². The summed E-state index contributed by atoms with van der Waals surface area (Å²) in [6, 6.07) is 41.1. The molecule has 2 atom stereocenters. The third-order valence-electron chi connectivity index (χ3n) is 7.04. The van der Waals surface area contributed by atoms with Gasteiger partial charge in [-0.1, -0.05) is 103 Å². The fraction of sp³-hybridized carbons (Fsp3) is 0.0938. The summed E-state index contributed by atoms with van der Waals surface area (Å²) in [5, 5.41) is 20.5. The molecule has 4 heteroatoms. The van der Waals surface area contributed by atoms with Gasteiger partial charge in [0.25, 0.3) is 0 Å². The van der Waals surface area contributed by atoms with Crippen molar-refractivity contribution in [1.82, 2.24) is 0 Å². The second kappa shape index (κ2) is 8.69. The van der Waals surface area contributed by atoms with Crippen LogP contribution in [0.2, 0.25) is 0 Å². The maximum Gasteiger partial charge on any atom is 0.163 e. The highest BCUT2D eigenvalue weighted by Gasteiger charge is 2.48. The zero-order valence-electron chi connectivity index (χ0n) is 19.5. The Bertz CT molecular complexity index is 1660. The summed E-state index contributed by atoms with van der Waals surface area (Å²) in [6.07, 6.45) is 3.09. The first-order valence-electron chi connectivity index (χ1n) is 12.0. The minimum absolute atomic E-state index is 0.0967. The molecule has 2 aliphatic rings. The molecule has 0 saturated heterocycles. The van der Waals surface area contributed by atoms with E-state index in [1.165, 1.54) is 5.56 Å². The molecule has 4 aromatic rings. The highest BCUT2D eigenvalue weighted by atomic mass is 15.3. The number of hydrogen-bond acceptors (Lipinski definition) is 4. The summed E-state index contributed by atoms with van der Waals surface area (Å²) in [5.74, 6) is 0.149. The molecule has 36 heavy (non-hydrogen) atoms. The number of fused-ring (bicyclic) bond motifs is 3. The highest BCUT2D eigenvalue weighted by Crippen LogP contribution is 2.51. The van der Waals surface area contributed by atoms with Gasteiger partial charge in [-0.2, -0.15) is 10.5 Å². The fourth-order valence-corrected chi connectivity index (χ4v) is 5.42. The van der Waals surface area contributed by atoms with Gasteiger partial charge < -0.3 is 4.90 Å². The van der Waals surface area contributed by atoms with E-state index in [-0.39, 0.29) is 11.5 Å². The van der Waals surface area contributed by atoms with E-state index in [4.69, 9.17) is 4.99 Å². The molecule has 2 heterocycles. The number of hydrogen-bond donors (Lipinski definition) is 0. The van der Waals surface area contributed by atoms with Crippen LogP contribution < -0.4 is 15.5 Å². The van der Waals surface area contributed by atoms with E-state index in [0.29, 0.717) is 5.22 Å². The van der Waals surface area contributed by atoms with Gasteiger partial charge in [0.2, 0.25) is 0 Å². The van der Waals surface area contributed by atoms with E-state index >= 15 is 0 Å². The Labute approximate surface area is 210 Å². The number of benzene rings is 4. The van der Waals surface area contributed by atoms with Crippen molar-refractivity contribution in [3.8, 4) is 12.1 Å². The molecule has 0 aromatic heterocycles. The largest absolute Gasteiger partial charge is 0.310 e. The predicted molar refractivity (Wildman–Crippen MR) is 141 cm³/mol. The molecule has 0 aliphatic carbocycles. The zero-order chi connectivity index (χ0) is 24.5. The van der Waals surface area contributed by atoms with Crippen molar-refractivity contribution in [3.63, 3.8) is 0 Å². The van der Waals surface area contributed by atoms with Crippen LogP contribution in [0, 0.1) is 22.7 Å². The summed E-state index contributed by atoms with van der Waals surface area (Å²) < 4.78 is 0. The Morgan fingerprint density at radius 2 is 1.44 bits per heavy atom. The Hall–Kier alpha value is -4.93. The van der Waals surface area contributed by atoms with Gasteiger partial charge >= 0.3 is 0 Å². The van der Waals surface area contributed by atoms with Crippen LogP contribution in [0.5, 0.6) is 0 Å². The van der Waals surface area contributed by atoms with Crippen LogP contribution in [-0.2, 0) is 5.66 Å². The van der Waals surface area contributed by atoms with Gasteiger partial charge in [0, 0.05) is 28.8 Å². The summed E-state index contributed by atoms with van der Waals surface area (Å²) in [6.45, 7) is 0. The van der Waals surface area contributed by atoms with Crippen molar-refractivity contribution in [2.24, 2.45) is 4.99 Å². The number of rotatable bonds is 3. The standard InChI is InChI=1S/C32H22N4/c33-21-27(22-34)25-16-17-29-31(18-25)36-30(24-12-6-2-7-13-24)19-26(23-10-4-1-5-11-23)20-32(36,35-29)28-14-8-3-9-15-28/h1-19,26H,20H2/t26-,32+/m1/s1. The van der Waals surface area contributed by atoms with E-state index < -0.39 is 5.66 Å². The maximum absolute atomic E-state index is 9.52. The lowest BCUT2D eigenvalue weighted by molar-refractivity contribution is 0.397. The Kier molecular flexibility index (Phi) is 5.21. The molecule has 0 spiro atoms. The normalized spacial score (nSPS) is 19.7. The van der Waals surface area contributed by atoms with Gasteiger partial charge in [-0.15, -0.1) is 0 Å². The molecule has 0 fully saturated rings. The topological polar surface area (TPSA) is 63.2 Å². The van der Waals surface area contributed by atoms with Crippen molar-refractivity contribution in [1.29, 1.82) is 10.5 Å². The summed E-state index contributed by atoms with van der Waals surface area (Å²) >= 11 is 0. The van der Waals surface area contributed by atoms with Gasteiger partial charge in [-0.05, 0) is 23.3 Å². The number of anilines is 1. The van der Waals surface area contributed by atoms with Crippen molar-refractivity contribution >= 4 is 17.0 Å². The van der Waals surface area contributed by atoms with Crippen molar-refractivity contribution < 1.29 is 0 Å². The molecule has 0 unspecified atom stereocenters. The third kappa shape index (κ3) is 3.40. The van der Waals surface area contributed by atoms with Crippen LogP contribution in [0.15, 0.2) is 120 Å². The van der Waals surface area contributed by atoms with Gasteiger partial charge in [-0.3, -0.25) is 4.99 Å². The predicted octanol–water partition coefficient (Wildman–Crippen LogP) is 5.41. The molecule has 4 aromatic carbocycles. The molecule has 0 radical (unpaired) electrons. The van der Waals surface area contributed by atoms with Crippen molar-refractivity contribution in [3.05, 3.63) is 143 Å². The summed E-state index contributed by atoms with van der Waals surface area (Å²) in [7, 11) is 0. The average Bonchev–Trinajstić information content (AvgIpc) is 3.30. The molecule has 0 saturated carbocycles. The first-order valence-corrected chi connectivity index (χ1v) is 12.0. The number of nitriles is 2. The quantitative estimate of drug-likeness (QED) is 0.409. The van der Waals surface area contributed by atoms with Crippen molar-refractivity contribution in [2.45, 2.75) is 18.0 Å². The number of allylic oxidation sites excluding steroid dienone is 1. The maximum atomic E-state index is 9.52. The van der Waals surface area contributed by atoms with Gasteiger partial charge in [0.15, 0.2) is 5.66 Å². The van der Waals surface area contributed by atoms with Crippen LogP contribution in [0.1, 0.15) is 29.0 Å². The Balaban J connectivity index is 1.68. The molecular formula is C32H22N4. The minimum atomic E-state index is -0.665. The van der Waals surface area contributed by atoms with E-state index in [0.717, 1.165) is 34.3 Å². The van der Waals surface area contributed by atoms with Crippen LogP contribution in [0.3, 0.4) is 0 Å². The van der Waals surface area contributed by atoms with E-state index in [1.54, 1.807) is 0 Å². The molecule has 0 bridgehead atoms. The number of nitrogens with zero attached hydrogens (tertiary/aromatic N) is 4. The Morgan fingerprint density at radius 1 is 0.806 bits per heavy atom. The first-order chi connectivity index (χ1) is 17.7. The second-order valence-corrected chi connectivity index (χ2v) is 9.07. The first kappa shape index (κ1) is 21.6. The molecule has 4 nitrogen and oxygen atoms in total. The monoisotopic (exact) mass is 462 g/mol. The molecule has 0 N–H and O–H groups in total. The van der Waals surface area contributed by atoms with E-state index in [1.807, 2.05) is 60.7 Å². The molecule has 0 amide bonds. The zero-order valence-corrected chi connectivity index (χ0v) is 19.5. The lowest BCUT2D eigenvalue weighted by Crippen LogP contribution is -2.45. The SMILES string of the molecule is N#CC(C#N)=c1ccc2c(c1)N1C(c3ccccc3)=C[C@@H](c3ccccc3)C[C@]1(c1ccccc1)N=2. The molecular weight excluding hydrogens is 440 g/mol. The van der Waals surface area contributed by atoms with Crippen LogP contribution >= 0.6 is 0 Å². The third-order valence-corrected chi connectivity index (χ3v) is 7.04. The molecule has 6 rings (SSSR count).